The quantitative estimate of drug-likeness (QED) is 0.140. The second-order valence-corrected chi connectivity index (χ2v) is 5.15. The lowest BCUT2D eigenvalue weighted by Gasteiger charge is -2.21. The number of aliphatic hydroxyl groups excluding tert-OH is 10. The standard InChI is InChI=1S/C12H22N2O12/c15-1-3(17)5(19)7(21)9(23)11(25)13-14-12(26)10(24)8(22)6(20)4(18)2-16/h3-8,11-12,15-22,25-26H,1-2H2/t3-,4-,5-,6-,7+,8+,11?,12?/m1/s1. The molecule has 0 bridgehead atoms. The van der Waals surface area contributed by atoms with Crippen LogP contribution in [0.25, 0.3) is 0 Å². The van der Waals surface area contributed by atoms with E-state index in [9.17, 15) is 40.2 Å². The van der Waals surface area contributed by atoms with Gasteiger partial charge in [-0.05, 0) is 0 Å². The van der Waals surface area contributed by atoms with E-state index in [1.165, 1.54) is 0 Å². The van der Waals surface area contributed by atoms with Crippen molar-refractivity contribution in [2.24, 2.45) is 10.2 Å². The smallest absolute Gasteiger partial charge is 0.228 e. The Hall–Kier alpha value is -1.46. The van der Waals surface area contributed by atoms with Gasteiger partial charge >= 0.3 is 0 Å². The van der Waals surface area contributed by atoms with Crippen molar-refractivity contribution in [3.8, 4) is 0 Å². The second-order valence-electron chi connectivity index (χ2n) is 5.15. The summed E-state index contributed by atoms with van der Waals surface area (Å²) in [6, 6.07) is 0. The summed E-state index contributed by atoms with van der Waals surface area (Å²) < 4.78 is 0. The summed E-state index contributed by atoms with van der Waals surface area (Å²) in [5.41, 5.74) is 0. The lowest BCUT2D eigenvalue weighted by molar-refractivity contribution is -0.150. The number of aliphatic hydroxyl groups is 10. The minimum atomic E-state index is -2.49. The van der Waals surface area contributed by atoms with Crippen molar-refractivity contribution in [2.75, 3.05) is 13.2 Å². The highest BCUT2D eigenvalue weighted by Gasteiger charge is 2.35. The Bertz CT molecular complexity index is 447. The molecule has 26 heavy (non-hydrogen) atoms. The van der Waals surface area contributed by atoms with Gasteiger partial charge in [0.05, 0.1) is 13.2 Å². The van der Waals surface area contributed by atoms with Gasteiger partial charge in [-0.3, -0.25) is 9.59 Å². The first-order valence-electron chi connectivity index (χ1n) is 7.13. The van der Waals surface area contributed by atoms with Crippen LogP contribution >= 0.6 is 0 Å². The van der Waals surface area contributed by atoms with Crippen LogP contribution in [0.3, 0.4) is 0 Å². The molecule has 2 unspecified atom stereocenters. The Kier molecular flexibility index (Phi) is 10.7. The SMILES string of the molecule is O=C(C(O)N=NC(O)C(=O)[C@@H](O)[C@H](O)[C@H](O)CO)[C@@H](O)[C@H](O)[C@H](O)CO. The average molecular weight is 386 g/mol. The number of carbonyl (C=O) groups excluding carboxylic acids is 2. The Morgan fingerprint density at radius 1 is 0.615 bits per heavy atom. The van der Waals surface area contributed by atoms with E-state index in [-0.39, 0.29) is 0 Å². The number of rotatable bonds is 12. The topological polar surface area (TPSA) is 261 Å². The predicted octanol–water partition coefficient (Wildman–Crippen LogP) is -6.64. The van der Waals surface area contributed by atoms with Gasteiger partial charge in [0, 0.05) is 0 Å². The highest BCUT2D eigenvalue weighted by atomic mass is 16.4. The van der Waals surface area contributed by atoms with E-state index >= 15 is 0 Å². The first-order valence-corrected chi connectivity index (χ1v) is 7.13. The van der Waals surface area contributed by atoms with Gasteiger partial charge in [-0.25, -0.2) is 0 Å². The number of azo groups is 1. The van der Waals surface area contributed by atoms with Crippen LogP contribution in [-0.4, -0.2) is 125 Å². The van der Waals surface area contributed by atoms with Crippen molar-refractivity contribution in [3.63, 3.8) is 0 Å². The van der Waals surface area contributed by atoms with Gasteiger partial charge in [-0.2, -0.15) is 10.2 Å². The van der Waals surface area contributed by atoms with E-state index in [0.717, 1.165) is 0 Å². The van der Waals surface area contributed by atoms with Crippen LogP contribution in [0.5, 0.6) is 0 Å². The zero-order valence-corrected chi connectivity index (χ0v) is 13.2. The average Bonchev–Trinajstić information content (AvgIpc) is 2.66. The number of hydrogen-bond donors (Lipinski definition) is 10. The lowest BCUT2D eigenvalue weighted by Crippen LogP contribution is -2.47. The summed E-state index contributed by atoms with van der Waals surface area (Å²) in [5.74, 6) is -3.19. The maximum atomic E-state index is 11.5. The highest BCUT2D eigenvalue weighted by molar-refractivity contribution is 5.88. The summed E-state index contributed by atoms with van der Waals surface area (Å²) in [5, 5.41) is 97.0. The van der Waals surface area contributed by atoms with Gasteiger partial charge in [0.25, 0.3) is 0 Å². The Balaban J connectivity index is 4.87. The van der Waals surface area contributed by atoms with Crippen LogP contribution in [0.1, 0.15) is 0 Å². The fourth-order valence-electron chi connectivity index (χ4n) is 1.52. The second kappa shape index (κ2) is 11.3. The van der Waals surface area contributed by atoms with Crippen LogP contribution in [-0.2, 0) is 9.59 Å². The molecule has 14 nitrogen and oxygen atoms in total. The summed E-state index contributed by atoms with van der Waals surface area (Å²) in [6.45, 7) is -2.01. The van der Waals surface area contributed by atoms with Crippen LogP contribution in [0.4, 0.5) is 0 Å². The molecule has 0 aliphatic heterocycles. The summed E-state index contributed by atoms with van der Waals surface area (Å²) in [4.78, 5) is 23.1. The third kappa shape index (κ3) is 6.69. The predicted molar refractivity (Wildman–Crippen MR) is 77.1 cm³/mol. The van der Waals surface area contributed by atoms with Gasteiger partial charge in [0.1, 0.15) is 36.6 Å². The van der Waals surface area contributed by atoms with Gasteiger partial charge in [0.15, 0.2) is 0 Å². The lowest BCUT2D eigenvalue weighted by atomic mass is 10.0. The van der Waals surface area contributed by atoms with Crippen molar-refractivity contribution >= 4 is 11.6 Å². The Labute approximate surface area is 145 Å². The molecule has 0 amide bonds. The molecule has 0 saturated carbocycles. The van der Waals surface area contributed by atoms with Crippen LogP contribution in [0.15, 0.2) is 10.2 Å². The molecule has 0 aromatic rings. The van der Waals surface area contributed by atoms with Crippen molar-refractivity contribution < 1.29 is 60.7 Å². The van der Waals surface area contributed by atoms with E-state index < -0.39 is 73.9 Å². The molecule has 10 N–H and O–H groups in total. The van der Waals surface area contributed by atoms with Crippen molar-refractivity contribution in [3.05, 3.63) is 0 Å². The first kappa shape index (κ1) is 24.5. The fourth-order valence-corrected chi connectivity index (χ4v) is 1.52. The molecule has 14 heteroatoms. The minimum Gasteiger partial charge on any atom is -0.394 e. The molecule has 0 heterocycles. The van der Waals surface area contributed by atoms with Crippen molar-refractivity contribution in [2.45, 2.75) is 49.1 Å². The fraction of sp³-hybridized carbons (Fsp3) is 0.833. The monoisotopic (exact) mass is 386 g/mol. The number of ketones is 2. The zero-order chi connectivity index (χ0) is 20.6. The number of Topliss-reactive ketones (excluding diaryl/α,β-unsaturated/α-hetero) is 2. The molecule has 0 aliphatic rings. The molecular formula is C12H22N2O12. The molecule has 0 aromatic carbocycles. The molecule has 0 rings (SSSR count). The van der Waals surface area contributed by atoms with Crippen molar-refractivity contribution in [1.29, 1.82) is 0 Å². The van der Waals surface area contributed by atoms with Gasteiger partial charge in [-0.1, -0.05) is 0 Å². The van der Waals surface area contributed by atoms with E-state index in [4.69, 9.17) is 20.4 Å². The molecule has 0 saturated heterocycles. The molecule has 0 aliphatic carbocycles. The molecule has 0 fully saturated rings. The van der Waals surface area contributed by atoms with Crippen molar-refractivity contribution in [1.82, 2.24) is 0 Å². The molecule has 152 valence electrons. The third-order valence-electron chi connectivity index (χ3n) is 3.19. The summed E-state index contributed by atoms with van der Waals surface area (Å²) in [7, 11) is 0. The maximum Gasteiger partial charge on any atom is 0.228 e. The summed E-state index contributed by atoms with van der Waals surface area (Å²) >= 11 is 0. The molecule has 0 spiro atoms. The van der Waals surface area contributed by atoms with E-state index in [1.54, 1.807) is 0 Å². The van der Waals surface area contributed by atoms with Gasteiger partial charge in [-0.15, -0.1) is 0 Å². The number of nitrogens with zero attached hydrogens (tertiary/aromatic N) is 2. The summed E-state index contributed by atoms with van der Waals surface area (Å²) in [6.07, 6.45) is -17.9. The molecule has 0 radical (unpaired) electrons. The first-order chi connectivity index (χ1) is 12.0. The number of hydrogen-bond acceptors (Lipinski definition) is 14. The van der Waals surface area contributed by atoms with E-state index in [0.29, 0.717) is 0 Å². The minimum absolute atomic E-state index is 1.00. The normalized spacial score (nSPS) is 21.5. The van der Waals surface area contributed by atoms with Crippen LogP contribution in [0.2, 0.25) is 0 Å². The largest absolute Gasteiger partial charge is 0.394 e. The highest BCUT2D eigenvalue weighted by Crippen LogP contribution is 2.08. The number of carbonyl (C=O) groups is 2. The van der Waals surface area contributed by atoms with E-state index in [1.807, 2.05) is 0 Å². The Morgan fingerprint density at radius 2 is 0.885 bits per heavy atom. The van der Waals surface area contributed by atoms with Gasteiger partial charge < -0.3 is 51.1 Å². The molecule has 0 aromatic heterocycles. The third-order valence-corrected chi connectivity index (χ3v) is 3.19. The van der Waals surface area contributed by atoms with Gasteiger partial charge in [0.2, 0.25) is 24.0 Å². The zero-order valence-electron chi connectivity index (χ0n) is 13.2. The van der Waals surface area contributed by atoms with Crippen LogP contribution in [0, 0.1) is 0 Å². The van der Waals surface area contributed by atoms with Crippen LogP contribution < -0.4 is 0 Å². The molecule has 8 atom stereocenters. The Morgan fingerprint density at radius 3 is 1.12 bits per heavy atom. The van der Waals surface area contributed by atoms with E-state index in [2.05, 4.69) is 10.2 Å². The molecular weight excluding hydrogens is 364 g/mol. The maximum absolute atomic E-state index is 11.5.